The van der Waals surface area contributed by atoms with Gasteiger partial charge in [-0.2, -0.15) is 5.10 Å². The van der Waals surface area contributed by atoms with E-state index >= 15 is 0 Å². The minimum atomic E-state index is 0.236. The maximum absolute atomic E-state index is 9.82. The monoisotopic (exact) mass is 129 g/mol. The second kappa shape index (κ2) is 1.96. The van der Waals surface area contributed by atoms with Crippen LogP contribution in [0.15, 0.2) is 6.20 Å². The van der Waals surface area contributed by atoms with Gasteiger partial charge in [0.2, 0.25) is 6.29 Å². The van der Waals surface area contributed by atoms with Crippen LogP contribution in [0, 0.1) is 0 Å². The van der Waals surface area contributed by atoms with Crippen LogP contribution in [0.4, 0.5) is 0 Å². The first-order chi connectivity index (χ1) is 3.84. The lowest BCUT2D eigenvalue weighted by atomic mass is 10.4. The highest BCUT2D eigenvalue weighted by Gasteiger charge is 1.97. The maximum atomic E-state index is 9.82. The molecular weight excluding hydrogens is 128 g/mol. The predicted molar refractivity (Wildman–Crippen MR) is 28.4 cm³/mol. The van der Waals surface area contributed by atoms with Crippen LogP contribution in [0.2, 0.25) is 5.15 Å². The summed E-state index contributed by atoms with van der Waals surface area (Å²) in [5, 5.41) is 6.08. The van der Waals surface area contributed by atoms with E-state index in [2.05, 4.69) is 10.2 Å². The second-order valence-corrected chi connectivity index (χ2v) is 1.58. The molecule has 0 aromatic carbocycles. The largest absolute Gasteiger partial charge is 0.285 e. The van der Waals surface area contributed by atoms with Crippen LogP contribution in [0.5, 0.6) is 0 Å². The Labute approximate surface area is 50.7 Å². The van der Waals surface area contributed by atoms with Gasteiger partial charge in [-0.05, 0) is 0 Å². The molecule has 0 atom stereocenters. The van der Waals surface area contributed by atoms with Crippen LogP contribution in [0.1, 0.15) is 5.56 Å². The van der Waals surface area contributed by atoms with Gasteiger partial charge in [-0.15, -0.1) is 0 Å². The van der Waals surface area contributed by atoms with Crippen LogP contribution in [-0.4, -0.2) is 16.5 Å². The number of nitrogens with zero attached hydrogens (tertiary/aromatic N) is 1. The third kappa shape index (κ3) is 0.721. The lowest BCUT2D eigenvalue weighted by Gasteiger charge is -1.73. The molecule has 0 fully saturated rings. The number of hydrogen-bond donors (Lipinski definition) is 1. The molecule has 4 heteroatoms. The van der Waals surface area contributed by atoms with Gasteiger partial charge < -0.3 is 0 Å². The molecule has 1 heterocycles. The van der Waals surface area contributed by atoms with E-state index in [1.54, 1.807) is 6.29 Å². The van der Waals surface area contributed by atoms with Crippen molar-refractivity contribution in [1.82, 2.24) is 10.2 Å². The van der Waals surface area contributed by atoms with E-state index in [9.17, 15) is 4.79 Å². The minimum Gasteiger partial charge on any atom is -0.285 e. The zero-order valence-corrected chi connectivity index (χ0v) is 4.57. The topological polar surface area (TPSA) is 45.8 Å². The van der Waals surface area contributed by atoms with Crippen molar-refractivity contribution in [2.75, 3.05) is 0 Å². The first-order valence-corrected chi connectivity index (χ1v) is 2.29. The van der Waals surface area contributed by atoms with Crippen LogP contribution < -0.4 is 0 Å². The summed E-state index contributed by atoms with van der Waals surface area (Å²) in [7, 11) is 0. The normalized spacial score (nSPS) is 9.12. The Balaban J connectivity index is 3.09. The summed E-state index contributed by atoms with van der Waals surface area (Å²) < 4.78 is 0. The van der Waals surface area contributed by atoms with E-state index in [0.29, 0.717) is 0 Å². The Morgan fingerprint density at radius 1 is 1.88 bits per heavy atom. The molecule has 0 aliphatic heterocycles. The SMILES string of the molecule is O=[C]c1cn[nH]c1Cl. The van der Waals surface area contributed by atoms with Crippen molar-refractivity contribution >= 4 is 17.9 Å². The van der Waals surface area contributed by atoms with Crippen molar-refractivity contribution in [1.29, 1.82) is 0 Å². The van der Waals surface area contributed by atoms with Crippen molar-refractivity contribution in [2.24, 2.45) is 0 Å². The third-order valence-corrected chi connectivity index (χ3v) is 0.991. The molecule has 1 rings (SSSR count). The number of nitrogens with one attached hydrogen (secondary N) is 1. The van der Waals surface area contributed by atoms with Crippen LogP contribution >= 0.6 is 11.6 Å². The molecule has 41 valence electrons. The quantitative estimate of drug-likeness (QED) is 0.601. The molecule has 0 spiro atoms. The van der Waals surface area contributed by atoms with Gasteiger partial charge in [-0.25, -0.2) is 0 Å². The molecule has 3 nitrogen and oxygen atoms in total. The van der Waals surface area contributed by atoms with Gasteiger partial charge in [-0.1, -0.05) is 11.6 Å². The maximum Gasteiger partial charge on any atom is 0.238 e. The van der Waals surface area contributed by atoms with Crippen LogP contribution in [-0.2, 0) is 4.79 Å². The van der Waals surface area contributed by atoms with Crippen molar-refractivity contribution in [3.8, 4) is 0 Å². The van der Waals surface area contributed by atoms with Gasteiger partial charge >= 0.3 is 0 Å². The molecule has 0 saturated carbocycles. The summed E-state index contributed by atoms with van der Waals surface area (Å²) in [6.45, 7) is 0. The summed E-state index contributed by atoms with van der Waals surface area (Å²) in [5.41, 5.74) is 0.270. The molecule has 0 amide bonds. The van der Waals surface area contributed by atoms with Gasteiger partial charge in [0.05, 0.1) is 11.8 Å². The Kier molecular flexibility index (Phi) is 1.30. The molecule has 0 aliphatic carbocycles. The zero-order chi connectivity index (χ0) is 5.98. The number of aromatic amines is 1. The second-order valence-electron chi connectivity index (χ2n) is 1.20. The minimum absolute atomic E-state index is 0.236. The summed E-state index contributed by atoms with van der Waals surface area (Å²) in [5.74, 6) is 0. The number of rotatable bonds is 1. The molecule has 1 radical (unpaired) electrons. The molecule has 1 aromatic heterocycles. The highest BCUT2D eigenvalue weighted by molar-refractivity contribution is 6.31. The Hall–Kier alpha value is -0.830. The van der Waals surface area contributed by atoms with Gasteiger partial charge in [-0.3, -0.25) is 9.89 Å². The summed E-state index contributed by atoms with van der Waals surface area (Å²) in [6.07, 6.45) is 2.91. The number of aromatic nitrogens is 2. The molecule has 8 heavy (non-hydrogen) atoms. The van der Waals surface area contributed by atoms with E-state index in [-0.39, 0.29) is 10.7 Å². The van der Waals surface area contributed by atoms with Gasteiger partial charge in [0.1, 0.15) is 5.15 Å². The lowest BCUT2D eigenvalue weighted by Crippen LogP contribution is -1.72. The fourth-order valence-corrected chi connectivity index (χ4v) is 0.478. The summed E-state index contributed by atoms with van der Waals surface area (Å²) in [6, 6.07) is 0. The van der Waals surface area contributed by atoms with E-state index in [4.69, 9.17) is 11.6 Å². The smallest absolute Gasteiger partial charge is 0.238 e. The first kappa shape index (κ1) is 5.31. The first-order valence-electron chi connectivity index (χ1n) is 1.91. The Morgan fingerprint density at radius 2 is 2.62 bits per heavy atom. The van der Waals surface area contributed by atoms with Crippen molar-refractivity contribution < 1.29 is 4.79 Å². The Bertz CT molecular complexity index is 196. The van der Waals surface area contributed by atoms with Gasteiger partial charge in [0.25, 0.3) is 0 Å². The van der Waals surface area contributed by atoms with E-state index < -0.39 is 0 Å². The predicted octanol–water partition coefficient (Wildman–Crippen LogP) is 0.521. The molecular formula is C4H2ClN2O. The van der Waals surface area contributed by atoms with Crippen LogP contribution in [0.25, 0.3) is 0 Å². The average Bonchev–Trinajstić information content (AvgIpc) is 2.14. The number of halogens is 1. The molecule has 0 bridgehead atoms. The van der Waals surface area contributed by atoms with Gasteiger partial charge in [0, 0.05) is 0 Å². The fraction of sp³-hybridized carbons (Fsp3) is 0. The van der Waals surface area contributed by atoms with E-state index in [1.807, 2.05) is 0 Å². The summed E-state index contributed by atoms with van der Waals surface area (Å²) in [4.78, 5) is 9.82. The lowest BCUT2D eigenvalue weighted by molar-refractivity contribution is 0.563. The average molecular weight is 130 g/mol. The Morgan fingerprint density at radius 3 is 2.88 bits per heavy atom. The van der Waals surface area contributed by atoms with E-state index in [0.717, 1.165) is 0 Å². The highest BCUT2D eigenvalue weighted by atomic mass is 35.5. The fourth-order valence-electron chi connectivity index (χ4n) is 0.342. The van der Waals surface area contributed by atoms with E-state index in [1.165, 1.54) is 6.20 Å². The van der Waals surface area contributed by atoms with Gasteiger partial charge in [0.15, 0.2) is 0 Å². The molecule has 0 unspecified atom stereocenters. The van der Waals surface area contributed by atoms with Crippen LogP contribution in [0.3, 0.4) is 0 Å². The summed E-state index contributed by atoms with van der Waals surface area (Å²) >= 11 is 5.36. The molecule has 1 aromatic rings. The number of carbonyl (C=O) groups excluding carboxylic acids is 1. The van der Waals surface area contributed by atoms with Crippen molar-refractivity contribution in [3.05, 3.63) is 16.9 Å². The number of hydrogen-bond acceptors (Lipinski definition) is 2. The van der Waals surface area contributed by atoms with Crippen molar-refractivity contribution in [3.63, 3.8) is 0 Å². The molecule has 1 N–H and O–H groups in total. The molecule has 0 aliphatic rings. The number of H-pyrrole nitrogens is 1. The third-order valence-electron chi connectivity index (χ3n) is 0.703. The molecule has 0 saturated heterocycles. The zero-order valence-electron chi connectivity index (χ0n) is 3.81. The highest BCUT2D eigenvalue weighted by Crippen LogP contribution is 2.06. The van der Waals surface area contributed by atoms with Crippen molar-refractivity contribution in [2.45, 2.75) is 0 Å². The standard InChI is InChI=1S/C4H2ClN2O/c5-4-3(2-8)1-6-7-4/h1H,(H,6,7).